The van der Waals surface area contributed by atoms with E-state index in [2.05, 4.69) is 20.0 Å². The summed E-state index contributed by atoms with van der Waals surface area (Å²) >= 11 is 0. The quantitative estimate of drug-likeness (QED) is 0.679. The standard InChI is InChI=1S/C10H14N4O2S/c1-17(15,16)14-5-4-12-10-6-8-2-3-11-9(8)7-13-10/h2-3,6-7,11,14H,4-5H2,1H3,(H,12,13). The summed E-state index contributed by atoms with van der Waals surface area (Å²) in [7, 11) is -3.12. The van der Waals surface area contributed by atoms with Gasteiger partial charge in [0.25, 0.3) is 0 Å². The SMILES string of the molecule is CS(=O)(=O)NCCNc1cc2cc[nH]c2cn1. The number of rotatable bonds is 5. The summed E-state index contributed by atoms with van der Waals surface area (Å²) in [6, 6.07) is 3.86. The largest absolute Gasteiger partial charge is 0.369 e. The van der Waals surface area contributed by atoms with E-state index in [-0.39, 0.29) is 0 Å². The molecule has 0 spiro atoms. The number of pyridine rings is 1. The van der Waals surface area contributed by atoms with Gasteiger partial charge in [0.2, 0.25) is 10.0 Å². The van der Waals surface area contributed by atoms with Crippen molar-refractivity contribution in [2.24, 2.45) is 0 Å². The van der Waals surface area contributed by atoms with Crippen LogP contribution in [0.4, 0.5) is 5.82 Å². The Kier molecular flexibility index (Phi) is 3.30. The molecule has 0 atom stereocenters. The summed E-state index contributed by atoms with van der Waals surface area (Å²) in [5, 5.41) is 4.12. The second-order valence-electron chi connectivity index (χ2n) is 3.73. The summed E-state index contributed by atoms with van der Waals surface area (Å²) in [4.78, 5) is 7.25. The average Bonchev–Trinajstić information content (AvgIpc) is 2.70. The minimum Gasteiger partial charge on any atom is -0.369 e. The van der Waals surface area contributed by atoms with E-state index in [0.29, 0.717) is 13.1 Å². The maximum absolute atomic E-state index is 10.8. The molecule has 0 fully saturated rings. The molecule has 7 heteroatoms. The van der Waals surface area contributed by atoms with E-state index in [0.717, 1.165) is 23.0 Å². The van der Waals surface area contributed by atoms with E-state index >= 15 is 0 Å². The second kappa shape index (κ2) is 4.72. The van der Waals surface area contributed by atoms with Gasteiger partial charge in [0.05, 0.1) is 18.0 Å². The first-order valence-corrected chi connectivity index (χ1v) is 7.05. The van der Waals surface area contributed by atoms with Gasteiger partial charge in [-0.1, -0.05) is 0 Å². The van der Waals surface area contributed by atoms with E-state index in [4.69, 9.17) is 0 Å². The fourth-order valence-electron chi connectivity index (χ4n) is 1.47. The molecule has 0 saturated carbocycles. The molecule has 0 aliphatic carbocycles. The fourth-order valence-corrected chi connectivity index (χ4v) is 1.95. The molecule has 2 heterocycles. The third-order valence-corrected chi connectivity index (χ3v) is 2.96. The van der Waals surface area contributed by atoms with Gasteiger partial charge in [-0.05, 0) is 12.1 Å². The number of aromatic amines is 1. The topological polar surface area (TPSA) is 86.9 Å². The Hall–Kier alpha value is -1.60. The van der Waals surface area contributed by atoms with Gasteiger partial charge in [0.15, 0.2) is 0 Å². The number of nitrogens with one attached hydrogen (secondary N) is 3. The molecule has 0 unspecified atom stereocenters. The molecule has 0 amide bonds. The lowest BCUT2D eigenvalue weighted by Crippen LogP contribution is -2.27. The number of aromatic nitrogens is 2. The smallest absolute Gasteiger partial charge is 0.208 e. The molecule has 17 heavy (non-hydrogen) atoms. The minimum absolute atomic E-state index is 0.339. The normalized spacial score (nSPS) is 11.8. The third-order valence-electron chi connectivity index (χ3n) is 2.23. The molecule has 2 aromatic rings. The summed E-state index contributed by atoms with van der Waals surface area (Å²) in [5.74, 6) is 0.729. The van der Waals surface area contributed by atoms with Gasteiger partial charge in [-0.3, -0.25) is 0 Å². The van der Waals surface area contributed by atoms with Crippen LogP contribution < -0.4 is 10.0 Å². The van der Waals surface area contributed by atoms with Gasteiger partial charge in [0.1, 0.15) is 5.82 Å². The number of sulfonamides is 1. The first-order valence-electron chi connectivity index (χ1n) is 5.16. The van der Waals surface area contributed by atoms with Crippen molar-refractivity contribution < 1.29 is 8.42 Å². The highest BCUT2D eigenvalue weighted by atomic mass is 32.2. The Labute approximate surface area is 99.5 Å². The highest BCUT2D eigenvalue weighted by Crippen LogP contribution is 2.14. The van der Waals surface area contributed by atoms with Crippen LogP contribution in [0.3, 0.4) is 0 Å². The molecule has 92 valence electrons. The molecule has 0 aliphatic heterocycles. The third kappa shape index (κ3) is 3.43. The highest BCUT2D eigenvalue weighted by Gasteiger charge is 2.00. The Morgan fingerprint density at radius 1 is 1.41 bits per heavy atom. The Morgan fingerprint density at radius 3 is 3.00 bits per heavy atom. The van der Waals surface area contributed by atoms with E-state index in [1.54, 1.807) is 6.20 Å². The summed E-state index contributed by atoms with van der Waals surface area (Å²) < 4.78 is 24.0. The predicted molar refractivity (Wildman–Crippen MR) is 67.4 cm³/mol. The molecule has 2 rings (SSSR count). The van der Waals surface area contributed by atoms with Crippen LogP contribution in [-0.4, -0.2) is 37.7 Å². The van der Waals surface area contributed by atoms with Crippen molar-refractivity contribution >= 4 is 26.7 Å². The van der Waals surface area contributed by atoms with E-state index < -0.39 is 10.0 Å². The molecule has 0 aromatic carbocycles. The molecule has 6 nitrogen and oxygen atoms in total. The number of fused-ring (bicyclic) bond motifs is 1. The Balaban J connectivity index is 1.90. The van der Waals surface area contributed by atoms with E-state index in [9.17, 15) is 8.42 Å². The lowest BCUT2D eigenvalue weighted by molar-refractivity contribution is 0.589. The summed E-state index contributed by atoms with van der Waals surface area (Å²) in [6.07, 6.45) is 4.72. The lowest BCUT2D eigenvalue weighted by Gasteiger charge is -2.05. The number of anilines is 1. The van der Waals surface area contributed by atoms with Crippen LogP contribution in [0.1, 0.15) is 0 Å². The van der Waals surface area contributed by atoms with Gasteiger partial charge >= 0.3 is 0 Å². The molecule has 0 bridgehead atoms. The number of H-pyrrole nitrogens is 1. The van der Waals surface area contributed by atoms with Gasteiger partial charge in [-0.25, -0.2) is 18.1 Å². The monoisotopic (exact) mass is 254 g/mol. The van der Waals surface area contributed by atoms with Crippen LogP contribution in [0.5, 0.6) is 0 Å². The maximum atomic E-state index is 10.8. The van der Waals surface area contributed by atoms with Crippen LogP contribution in [0, 0.1) is 0 Å². The van der Waals surface area contributed by atoms with Crippen molar-refractivity contribution in [3.05, 3.63) is 24.5 Å². The Morgan fingerprint density at radius 2 is 2.24 bits per heavy atom. The van der Waals surface area contributed by atoms with E-state index in [1.807, 2.05) is 18.3 Å². The molecule has 2 aromatic heterocycles. The molecule has 0 aliphatic rings. The van der Waals surface area contributed by atoms with Crippen molar-refractivity contribution in [3.8, 4) is 0 Å². The van der Waals surface area contributed by atoms with Gasteiger partial charge in [-0.2, -0.15) is 0 Å². The summed E-state index contributed by atoms with van der Waals surface area (Å²) in [5.41, 5.74) is 0.977. The molecular formula is C10H14N4O2S. The zero-order valence-electron chi connectivity index (χ0n) is 9.40. The fraction of sp³-hybridized carbons (Fsp3) is 0.300. The zero-order valence-corrected chi connectivity index (χ0v) is 10.2. The minimum atomic E-state index is -3.12. The predicted octanol–water partition coefficient (Wildman–Crippen LogP) is 0.524. The summed E-state index contributed by atoms with van der Waals surface area (Å²) in [6.45, 7) is 0.835. The van der Waals surface area contributed by atoms with Crippen molar-refractivity contribution in [1.29, 1.82) is 0 Å². The van der Waals surface area contributed by atoms with Crippen molar-refractivity contribution in [1.82, 2.24) is 14.7 Å². The number of hydrogen-bond acceptors (Lipinski definition) is 4. The van der Waals surface area contributed by atoms with Crippen molar-refractivity contribution in [2.75, 3.05) is 24.7 Å². The Bertz CT molecular complexity index is 606. The first-order chi connectivity index (χ1) is 8.04. The van der Waals surface area contributed by atoms with Gasteiger partial charge in [0, 0.05) is 24.7 Å². The van der Waals surface area contributed by atoms with Crippen LogP contribution in [0.15, 0.2) is 24.5 Å². The molecule has 0 saturated heterocycles. The molecule has 0 radical (unpaired) electrons. The average molecular weight is 254 g/mol. The van der Waals surface area contributed by atoms with Crippen LogP contribution in [0.25, 0.3) is 10.9 Å². The van der Waals surface area contributed by atoms with Crippen LogP contribution in [-0.2, 0) is 10.0 Å². The zero-order chi connectivity index (χ0) is 12.3. The van der Waals surface area contributed by atoms with Gasteiger partial charge in [-0.15, -0.1) is 0 Å². The first kappa shape index (κ1) is 11.9. The van der Waals surface area contributed by atoms with Gasteiger partial charge < -0.3 is 10.3 Å². The molecule has 3 N–H and O–H groups in total. The number of nitrogens with zero attached hydrogens (tertiary/aromatic N) is 1. The lowest BCUT2D eigenvalue weighted by atomic mass is 10.3. The van der Waals surface area contributed by atoms with E-state index in [1.165, 1.54) is 0 Å². The van der Waals surface area contributed by atoms with Crippen LogP contribution >= 0.6 is 0 Å². The van der Waals surface area contributed by atoms with Crippen molar-refractivity contribution in [2.45, 2.75) is 0 Å². The maximum Gasteiger partial charge on any atom is 0.208 e. The second-order valence-corrected chi connectivity index (χ2v) is 5.56. The van der Waals surface area contributed by atoms with Crippen molar-refractivity contribution in [3.63, 3.8) is 0 Å². The van der Waals surface area contributed by atoms with Crippen LogP contribution in [0.2, 0.25) is 0 Å². The molecular weight excluding hydrogens is 240 g/mol. The number of hydrogen-bond donors (Lipinski definition) is 3. The highest BCUT2D eigenvalue weighted by molar-refractivity contribution is 7.88.